The first-order chi connectivity index (χ1) is 17.5. The van der Waals surface area contributed by atoms with Crippen LogP contribution in [0.15, 0.2) is 40.9 Å². The van der Waals surface area contributed by atoms with Crippen LogP contribution in [0, 0.1) is 6.92 Å². The van der Waals surface area contributed by atoms with Crippen LogP contribution in [0.5, 0.6) is 5.75 Å². The van der Waals surface area contributed by atoms with Gasteiger partial charge in [-0.15, -0.1) is 0 Å². The number of carbonyl (C=O) groups excluding carboxylic acids is 3. The van der Waals surface area contributed by atoms with Gasteiger partial charge in [0, 0.05) is 20.7 Å². The Balaban J connectivity index is 1.68. The molecule has 1 fully saturated rings. The molecule has 0 radical (unpaired) electrons. The van der Waals surface area contributed by atoms with E-state index >= 15 is 0 Å². The molecule has 6 nitrogen and oxygen atoms in total. The standard InChI is InChI=1S/C25H14BrCl5N2O4/c1-9-3-5-11(8-13(9)27)32-21(12-7-10(26)4-6-14(12)37-2)22(25(32)36)33-23(34)15-16(24(33)35)18(29)20(31)19(30)17(15)28/h3-8,21-22H,1-2H3/t21-,22-/m1/s1. The van der Waals surface area contributed by atoms with Crippen molar-refractivity contribution in [1.29, 1.82) is 0 Å². The van der Waals surface area contributed by atoms with Crippen molar-refractivity contribution in [3.05, 3.63) is 88.2 Å². The molecule has 0 saturated carbocycles. The zero-order chi connectivity index (χ0) is 26.9. The SMILES string of the molecule is COc1ccc(Br)cc1[C@@H]1[C@@H](N2C(=O)c3c(Cl)c(Cl)c(Cl)c(Cl)c3C2=O)C(=O)N1c1ccc(C)c(Cl)c1. The number of anilines is 1. The van der Waals surface area contributed by atoms with Crippen molar-refractivity contribution in [3.63, 3.8) is 0 Å². The fraction of sp³-hybridized carbons (Fsp3) is 0.160. The maximum absolute atomic E-state index is 13.7. The van der Waals surface area contributed by atoms with Crippen LogP contribution < -0.4 is 9.64 Å². The van der Waals surface area contributed by atoms with E-state index in [1.807, 2.05) is 6.92 Å². The Bertz CT molecular complexity index is 1500. The maximum atomic E-state index is 13.7. The highest BCUT2D eigenvalue weighted by Gasteiger charge is 2.59. The summed E-state index contributed by atoms with van der Waals surface area (Å²) < 4.78 is 6.27. The van der Waals surface area contributed by atoms with E-state index in [1.165, 1.54) is 12.0 Å². The topological polar surface area (TPSA) is 66.9 Å². The number of imide groups is 1. The highest BCUT2D eigenvalue weighted by Crippen LogP contribution is 2.50. The van der Waals surface area contributed by atoms with Crippen molar-refractivity contribution in [1.82, 2.24) is 4.90 Å². The number of amides is 3. The van der Waals surface area contributed by atoms with Crippen LogP contribution in [0.2, 0.25) is 25.1 Å². The average Bonchev–Trinajstić information content (AvgIpc) is 3.12. The van der Waals surface area contributed by atoms with E-state index in [2.05, 4.69) is 15.9 Å². The summed E-state index contributed by atoms with van der Waals surface area (Å²) in [6.45, 7) is 1.84. The molecule has 0 spiro atoms. The highest BCUT2D eigenvalue weighted by atomic mass is 79.9. The van der Waals surface area contributed by atoms with Gasteiger partial charge in [0.25, 0.3) is 17.7 Å². The Hall–Kier alpha value is -2.00. The second-order valence-electron chi connectivity index (χ2n) is 8.40. The Morgan fingerprint density at radius 1 is 0.784 bits per heavy atom. The van der Waals surface area contributed by atoms with Crippen LogP contribution in [0.25, 0.3) is 0 Å². The molecule has 0 N–H and O–H groups in total. The van der Waals surface area contributed by atoms with Crippen LogP contribution in [0.1, 0.15) is 37.9 Å². The van der Waals surface area contributed by atoms with E-state index in [4.69, 9.17) is 62.7 Å². The molecule has 2 heterocycles. The minimum atomic E-state index is -1.24. The monoisotopic (exact) mass is 660 g/mol. The number of β-lactam (4-membered cyclic amide) rings is 1. The first-order valence-electron chi connectivity index (χ1n) is 10.7. The van der Waals surface area contributed by atoms with E-state index < -0.39 is 29.8 Å². The van der Waals surface area contributed by atoms with Gasteiger partial charge in [0.2, 0.25) is 0 Å². The van der Waals surface area contributed by atoms with Gasteiger partial charge in [-0.25, -0.2) is 0 Å². The summed E-state index contributed by atoms with van der Waals surface area (Å²) in [5.74, 6) is -1.66. The Morgan fingerprint density at radius 2 is 1.38 bits per heavy atom. The number of halogens is 6. The summed E-state index contributed by atoms with van der Waals surface area (Å²) in [4.78, 5) is 43.2. The molecular weight excluding hydrogens is 649 g/mol. The van der Waals surface area contributed by atoms with Crippen molar-refractivity contribution in [2.45, 2.75) is 19.0 Å². The third-order valence-corrected chi connectivity index (χ3v) is 9.12. The molecule has 0 aromatic heterocycles. The second-order valence-corrected chi connectivity index (χ2v) is 11.2. The predicted octanol–water partition coefficient (Wildman–Crippen LogP) is 7.79. The minimum absolute atomic E-state index is 0.156. The molecule has 37 heavy (non-hydrogen) atoms. The lowest BCUT2D eigenvalue weighted by Crippen LogP contribution is -2.67. The number of nitrogens with zero attached hydrogens (tertiary/aromatic N) is 2. The van der Waals surface area contributed by atoms with Crippen LogP contribution in [-0.2, 0) is 4.79 Å². The summed E-state index contributed by atoms with van der Waals surface area (Å²) in [5, 5.41) is -0.278. The molecule has 0 unspecified atom stereocenters. The Kier molecular flexibility index (Phi) is 6.92. The molecule has 0 bridgehead atoms. The largest absolute Gasteiger partial charge is 0.496 e. The Labute approximate surface area is 245 Å². The van der Waals surface area contributed by atoms with Gasteiger partial charge in [-0.1, -0.05) is 80.0 Å². The number of fused-ring (bicyclic) bond motifs is 1. The summed E-state index contributed by atoms with van der Waals surface area (Å²) in [6.07, 6.45) is 0. The van der Waals surface area contributed by atoms with Gasteiger partial charge < -0.3 is 9.64 Å². The molecule has 2 aliphatic heterocycles. The van der Waals surface area contributed by atoms with E-state index in [-0.39, 0.29) is 31.2 Å². The number of hydrogen-bond acceptors (Lipinski definition) is 4. The second kappa shape index (κ2) is 9.63. The van der Waals surface area contributed by atoms with E-state index in [9.17, 15) is 14.4 Å². The van der Waals surface area contributed by atoms with Crippen molar-refractivity contribution in [2.24, 2.45) is 0 Å². The third kappa shape index (κ3) is 3.94. The van der Waals surface area contributed by atoms with E-state index in [0.717, 1.165) is 10.5 Å². The molecule has 3 aromatic rings. The van der Waals surface area contributed by atoms with E-state index in [1.54, 1.807) is 36.4 Å². The molecule has 12 heteroatoms. The lowest BCUT2D eigenvalue weighted by molar-refractivity contribution is -0.130. The molecule has 3 aromatic carbocycles. The lowest BCUT2D eigenvalue weighted by atomic mass is 9.85. The summed E-state index contributed by atoms with van der Waals surface area (Å²) >= 11 is 34.7. The molecule has 0 aliphatic carbocycles. The zero-order valence-electron chi connectivity index (χ0n) is 18.9. The first kappa shape index (κ1) is 26.6. The van der Waals surface area contributed by atoms with Crippen molar-refractivity contribution in [3.8, 4) is 5.75 Å². The normalized spacial score (nSPS) is 18.9. The Morgan fingerprint density at radius 3 is 1.92 bits per heavy atom. The van der Waals surface area contributed by atoms with Crippen LogP contribution in [0.3, 0.4) is 0 Å². The highest BCUT2D eigenvalue weighted by molar-refractivity contribution is 9.10. The minimum Gasteiger partial charge on any atom is -0.496 e. The summed E-state index contributed by atoms with van der Waals surface area (Å²) in [6, 6.07) is 8.37. The molecule has 190 valence electrons. The fourth-order valence-electron chi connectivity index (χ4n) is 4.61. The van der Waals surface area contributed by atoms with Gasteiger partial charge in [-0.2, -0.15) is 0 Å². The number of methoxy groups -OCH3 is 1. The molecule has 2 aliphatic rings. The summed E-state index contributed by atoms with van der Waals surface area (Å²) in [7, 11) is 1.49. The zero-order valence-corrected chi connectivity index (χ0v) is 24.3. The number of carbonyl (C=O) groups is 3. The molecule has 5 rings (SSSR count). The first-order valence-corrected chi connectivity index (χ1v) is 13.3. The quantitative estimate of drug-likeness (QED) is 0.124. The van der Waals surface area contributed by atoms with Gasteiger partial charge in [0.15, 0.2) is 0 Å². The van der Waals surface area contributed by atoms with Gasteiger partial charge >= 0.3 is 0 Å². The number of benzene rings is 3. The predicted molar refractivity (Wildman–Crippen MR) is 148 cm³/mol. The fourth-order valence-corrected chi connectivity index (χ4v) is 6.18. The average molecular weight is 664 g/mol. The molecule has 2 atom stereocenters. The third-order valence-electron chi connectivity index (χ3n) is 6.42. The molecule has 1 saturated heterocycles. The van der Waals surface area contributed by atoms with Crippen molar-refractivity contribution in [2.75, 3.05) is 12.0 Å². The lowest BCUT2D eigenvalue weighted by Gasteiger charge is -2.50. The van der Waals surface area contributed by atoms with E-state index in [0.29, 0.717) is 26.5 Å². The number of rotatable bonds is 4. The van der Waals surface area contributed by atoms with Gasteiger partial charge in [-0.05, 0) is 42.8 Å². The number of ether oxygens (including phenoxy) is 1. The van der Waals surface area contributed by atoms with Crippen molar-refractivity contribution < 1.29 is 19.1 Å². The summed E-state index contributed by atoms with van der Waals surface area (Å²) in [5.41, 5.74) is 1.47. The van der Waals surface area contributed by atoms with Gasteiger partial charge in [-0.3, -0.25) is 19.3 Å². The van der Waals surface area contributed by atoms with Gasteiger partial charge in [0.05, 0.1) is 44.4 Å². The van der Waals surface area contributed by atoms with Crippen molar-refractivity contribution >= 4 is 97.3 Å². The van der Waals surface area contributed by atoms with Gasteiger partial charge in [0.1, 0.15) is 11.8 Å². The van der Waals surface area contributed by atoms with Crippen LogP contribution in [-0.4, -0.2) is 35.8 Å². The smallest absolute Gasteiger partial charge is 0.264 e. The maximum Gasteiger partial charge on any atom is 0.264 e. The van der Waals surface area contributed by atoms with Crippen LogP contribution >= 0.6 is 73.9 Å². The molecular formula is C25H14BrCl5N2O4. The number of hydrogen-bond donors (Lipinski definition) is 0. The van der Waals surface area contributed by atoms with Crippen LogP contribution in [0.4, 0.5) is 5.69 Å². The number of aryl methyl sites for hydroxylation is 1. The molecule has 3 amide bonds.